The first kappa shape index (κ1) is 18.7. The van der Waals surface area contributed by atoms with Crippen LogP contribution in [0.25, 0.3) is 10.9 Å². The fourth-order valence-corrected chi connectivity index (χ4v) is 5.03. The summed E-state index contributed by atoms with van der Waals surface area (Å²) in [6, 6.07) is 27.4. The van der Waals surface area contributed by atoms with Crippen LogP contribution in [0.5, 0.6) is 0 Å². The Morgan fingerprint density at radius 1 is 0.900 bits per heavy atom. The van der Waals surface area contributed by atoms with Crippen molar-refractivity contribution in [2.24, 2.45) is 0 Å². The number of aromatic nitrogens is 1. The predicted molar refractivity (Wildman–Crippen MR) is 124 cm³/mol. The number of H-pyrrole nitrogens is 1. The van der Waals surface area contributed by atoms with Gasteiger partial charge in [0, 0.05) is 22.5 Å². The molecule has 2 heteroatoms. The van der Waals surface area contributed by atoms with E-state index in [2.05, 4.69) is 80.4 Å². The summed E-state index contributed by atoms with van der Waals surface area (Å²) in [5.74, 6) is 0.535. The highest BCUT2D eigenvalue weighted by atomic mass is 16.3. The van der Waals surface area contributed by atoms with Gasteiger partial charge in [0.15, 0.2) is 0 Å². The van der Waals surface area contributed by atoms with E-state index in [1.54, 1.807) is 0 Å². The van der Waals surface area contributed by atoms with Gasteiger partial charge in [0.05, 0.1) is 5.41 Å². The summed E-state index contributed by atoms with van der Waals surface area (Å²) < 4.78 is 0. The van der Waals surface area contributed by atoms with Crippen LogP contribution in [-0.4, -0.2) is 10.1 Å². The molecule has 0 aliphatic heterocycles. The second-order valence-corrected chi connectivity index (χ2v) is 8.81. The van der Waals surface area contributed by atoms with Crippen molar-refractivity contribution < 1.29 is 5.11 Å². The molecular weight excluding hydrogens is 366 g/mol. The molecule has 0 saturated heterocycles. The minimum atomic E-state index is -0.319. The number of aliphatic hydroxyl groups is 1. The Morgan fingerprint density at radius 3 is 2.23 bits per heavy atom. The van der Waals surface area contributed by atoms with Crippen LogP contribution in [0.15, 0.2) is 90.2 Å². The number of aryl methyl sites for hydroxylation is 2. The maximum Gasteiger partial charge on any atom is 0.103 e. The summed E-state index contributed by atoms with van der Waals surface area (Å²) in [5.41, 5.74) is 8.01. The highest BCUT2D eigenvalue weighted by Gasteiger charge is 2.46. The minimum absolute atomic E-state index is 0.0238. The van der Waals surface area contributed by atoms with Gasteiger partial charge in [-0.2, -0.15) is 0 Å². The third-order valence-electron chi connectivity index (χ3n) is 6.80. The van der Waals surface area contributed by atoms with E-state index in [9.17, 15) is 5.11 Å². The first-order valence-corrected chi connectivity index (χ1v) is 10.6. The molecule has 4 aromatic rings. The highest BCUT2D eigenvalue weighted by Crippen LogP contribution is 2.53. The molecule has 1 heterocycles. The number of aromatic amines is 1. The van der Waals surface area contributed by atoms with Crippen LogP contribution in [0.1, 0.15) is 47.2 Å². The van der Waals surface area contributed by atoms with Crippen LogP contribution in [0.2, 0.25) is 0 Å². The molecule has 5 rings (SSSR count). The van der Waals surface area contributed by atoms with E-state index in [1.165, 1.54) is 33.3 Å². The molecule has 2 nitrogen and oxygen atoms in total. The molecule has 0 amide bonds. The Hall–Kier alpha value is -3.26. The van der Waals surface area contributed by atoms with Gasteiger partial charge in [0.1, 0.15) is 5.76 Å². The number of allylic oxidation sites excluding steroid dienone is 2. The Morgan fingerprint density at radius 2 is 1.57 bits per heavy atom. The number of hydrogen-bond donors (Lipinski definition) is 2. The molecule has 1 aromatic heterocycles. The van der Waals surface area contributed by atoms with Crippen molar-refractivity contribution in [2.45, 2.75) is 38.5 Å². The molecule has 0 spiro atoms. The van der Waals surface area contributed by atoms with Crippen LogP contribution in [0, 0.1) is 13.8 Å². The molecule has 150 valence electrons. The smallest absolute Gasteiger partial charge is 0.103 e. The molecule has 30 heavy (non-hydrogen) atoms. The lowest BCUT2D eigenvalue weighted by Crippen LogP contribution is -2.37. The molecule has 1 aliphatic rings. The normalized spacial score (nSPS) is 19.7. The van der Waals surface area contributed by atoms with Gasteiger partial charge >= 0.3 is 0 Å². The van der Waals surface area contributed by atoms with Gasteiger partial charge in [0.25, 0.3) is 0 Å². The number of fused-ring (bicyclic) bond motifs is 1. The molecule has 2 N–H and O–H groups in total. The monoisotopic (exact) mass is 393 g/mol. The maximum absolute atomic E-state index is 11.3. The van der Waals surface area contributed by atoms with Crippen molar-refractivity contribution in [3.63, 3.8) is 0 Å². The summed E-state index contributed by atoms with van der Waals surface area (Å²) in [6.07, 6.45) is 0.843. The molecule has 3 aromatic carbocycles. The largest absolute Gasteiger partial charge is 0.511 e. The van der Waals surface area contributed by atoms with Crippen molar-refractivity contribution in [3.8, 4) is 0 Å². The lowest BCUT2D eigenvalue weighted by Gasteiger charge is -2.43. The second kappa shape index (κ2) is 6.91. The van der Waals surface area contributed by atoms with Crippen molar-refractivity contribution in [1.29, 1.82) is 0 Å². The summed E-state index contributed by atoms with van der Waals surface area (Å²) in [5, 5.41) is 12.6. The Balaban J connectivity index is 1.68. The van der Waals surface area contributed by atoms with Crippen LogP contribution in [0.4, 0.5) is 0 Å². The lowest BCUT2D eigenvalue weighted by molar-refractivity contribution is 0.247. The van der Waals surface area contributed by atoms with Crippen LogP contribution in [-0.2, 0) is 5.41 Å². The molecule has 0 saturated carbocycles. The van der Waals surface area contributed by atoms with Crippen molar-refractivity contribution >= 4 is 10.9 Å². The van der Waals surface area contributed by atoms with Gasteiger partial charge < -0.3 is 10.1 Å². The standard InChI is InChI=1S/C28H27NO/c1-18-14-15-22-19(2)26(29-24(22)16-18)25(20-10-6-4-7-11-20)23-17-28(3,27(23)30)21-12-8-5-9-13-21/h4-16,25,29-30H,17H2,1-3H3. The molecular formula is C28H27NO. The number of hydrogen-bond acceptors (Lipinski definition) is 1. The van der Waals surface area contributed by atoms with Crippen molar-refractivity contribution in [2.75, 3.05) is 0 Å². The fourth-order valence-electron chi connectivity index (χ4n) is 5.03. The van der Waals surface area contributed by atoms with Gasteiger partial charge in [-0.3, -0.25) is 0 Å². The average Bonchev–Trinajstić information content (AvgIpc) is 3.09. The van der Waals surface area contributed by atoms with E-state index in [0.29, 0.717) is 5.76 Å². The van der Waals surface area contributed by atoms with E-state index < -0.39 is 0 Å². The van der Waals surface area contributed by atoms with E-state index in [1.807, 2.05) is 24.3 Å². The molecule has 0 fully saturated rings. The zero-order valence-corrected chi connectivity index (χ0v) is 17.7. The van der Waals surface area contributed by atoms with E-state index in [-0.39, 0.29) is 11.3 Å². The Kier molecular flexibility index (Phi) is 4.32. The van der Waals surface area contributed by atoms with Gasteiger partial charge in [-0.25, -0.2) is 0 Å². The zero-order chi connectivity index (χ0) is 20.9. The quantitative estimate of drug-likeness (QED) is 0.381. The van der Waals surface area contributed by atoms with Crippen LogP contribution in [0.3, 0.4) is 0 Å². The van der Waals surface area contributed by atoms with Crippen molar-refractivity contribution in [1.82, 2.24) is 4.98 Å². The van der Waals surface area contributed by atoms with Crippen LogP contribution < -0.4 is 0 Å². The van der Waals surface area contributed by atoms with Gasteiger partial charge in [-0.15, -0.1) is 0 Å². The maximum atomic E-state index is 11.3. The van der Waals surface area contributed by atoms with Gasteiger partial charge in [0.2, 0.25) is 0 Å². The summed E-state index contributed by atoms with van der Waals surface area (Å²) in [4.78, 5) is 3.69. The minimum Gasteiger partial charge on any atom is -0.511 e. The zero-order valence-electron chi connectivity index (χ0n) is 17.7. The summed E-state index contributed by atoms with van der Waals surface area (Å²) in [7, 11) is 0. The molecule has 0 radical (unpaired) electrons. The Labute approximate surface area is 177 Å². The first-order chi connectivity index (χ1) is 14.5. The van der Waals surface area contributed by atoms with E-state index in [0.717, 1.165) is 17.5 Å². The lowest BCUT2D eigenvalue weighted by atomic mass is 9.61. The Bertz CT molecular complexity index is 1250. The third kappa shape index (κ3) is 2.79. The average molecular weight is 394 g/mol. The van der Waals surface area contributed by atoms with Crippen molar-refractivity contribution in [3.05, 3.63) is 118 Å². The predicted octanol–water partition coefficient (Wildman–Crippen LogP) is 7.09. The van der Waals surface area contributed by atoms with E-state index >= 15 is 0 Å². The molecule has 2 atom stereocenters. The first-order valence-electron chi connectivity index (χ1n) is 10.6. The molecule has 2 unspecified atom stereocenters. The molecule has 0 bridgehead atoms. The van der Waals surface area contributed by atoms with Gasteiger partial charge in [-0.05, 0) is 61.1 Å². The number of nitrogens with one attached hydrogen (secondary N) is 1. The van der Waals surface area contributed by atoms with Gasteiger partial charge in [-0.1, -0.05) is 72.8 Å². The highest BCUT2D eigenvalue weighted by molar-refractivity contribution is 5.85. The summed E-state index contributed by atoms with van der Waals surface area (Å²) >= 11 is 0. The summed E-state index contributed by atoms with van der Waals surface area (Å²) in [6.45, 7) is 6.45. The fraction of sp³-hybridized carbons (Fsp3) is 0.214. The van der Waals surface area contributed by atoms with Crippen LogP contribution >= 0.6 is 0 Å². The van der Waals surface area contributed by atoms with E-state index in [4.69, 9.17) is 0 Å². The molecule has 1 aliphatic carbocycles. The topological polar surface area (TPSA) is 36.0 Å². The SMILES string of the molecule is Cc1ccc2c(C)c(C(C3=C(O)C(C)(c4ccccc4)C3)c3ccccc3)[nH]c2c1. The number of rotatable bonds is 4. The third-order valence-corrected chi connectivity index (χ3v) is 6.80. The number of aliphatic hydroxyl groups excluding tert-OH is 1. The second-order valence-electron chi connectivity index (χ2n) is 8.81. The number of benzene rings is 3.